The van der Waals surface area contributed by atoms with Crippen LogP contribution in [-0.4, -0.2) is 19.0 Å². The molecule has 4 heteroatoms. The normalized spacial score (nSPS) is 13.5. The molecule has 0 fully saturated rings. The van der Waals surface area contributed by atoms with Crippen molar-refractivity contribution in [2.24, 2.45) is 0 Å². The summed E-state index contributed by atoms with van der Waals surface area (Å²) in [6, 6.07) is 5.72. The molecule has 0 spiro atoms. The average molecular weight is 251 g/mol. The van der Waals surface area contributed by atoms with Crippen molar-refractivity contribution in [1.29, 1.82) is 0 Å². The van der Waals surface area contributed by atoms with Crippen LogP contribution in [0, 0.1) is 0 Å². The summed E-state index contributed by atoms with van der Waals surface area (Å²) in [6.07, 6.45) is 2.13. The highest BCUT2D eigenvalue weighted by Crippen LogP contribution is 2.22. The lowest BCUT2D eigenvalue weighted by molar-refractivity contribution is 0.0957. The third kappa shape index (κ3) is 3.01. The Kier molecular flexibility index (Phi) is 3.69. The molecule has 2 N–H and O–H groups in total. The number of aryl methyl sites for hydroxylation is 1. The number of hydrogen-bond acceptors (Lipinski definition) is 2. The van der Waals surface area contributed by atoms with Crippen LogP contribution in [0.25, 0.3) is 0 Å². The minimum absolute atomic E-state index is 0.111. The number of anilines is 1. The molecule has 1 aromatic carbocycles. The van der Waals surface area contributed by atoms with Crippen LogP contribution in [0.5, 0.6) is 0 Å². The molecule has 1 aliphatic rings. The van der Waals surface area contributed by atoms with Crippen LogP contribution in [0.3, 0.4) is 0 Å². The zero-order valence-corrected chi connectivity index (χ0v) is 10.3. The number of carbonyl (C=O) groups excluding carboxylic acids is 1. The number of fused-ring (bicyclic) bond motifs is 1. The number of amides is 1. The summed E-state index contributed by atoms with van der Waals surface area (Å²) in [5.41, 5.74) is 3.01. The maximum atomic E-state index is 11.8. The summed E-state index contributed by atoms with van der Waals surface area (Å²) in [5.74, 6) is -0.111. The number of carbonyl (C=O) groups is 1. The van der Waals surface area contributed by atoms with Crippen LogP contribution in [0.2, 0.25) is 0 Å². The Morgan fingerprint density at radius 3 is 3.12 bits per heavy atom. The molecule has 1 amide bonds. The lowest BCUT2D eigenvalue weighted by Gasteiger charge is -2.18. The summed E-state index contributed by atoms with van der Waals surface area (Å²) in [7, 11) is 0. The first-order valence-corrected chi connectivity index (χ1v) is 6.03. The summed E-state index contributed by atoms with van der Waals surface area (Å²) >= 11 is 5.61. The number of rotatable bonds is 3. The molecule has 1 heterocycles. The smallest absolute Gasteiger partial charge is 0.251 e. The fourth-order valence-corrected chi connectivity index (χ4v) is 1.96. The Morgan fingerprint density at radius 1 is 1.53 bits per heavy atom. The molecule has 3 nitrogen and oxygen atoms in total. The van der Waals surface area contributed by atoms with E-state index in [0.717, 1.165) is 25.1 Å². The second-order valence-corrected chi connectivity index (χ2v) is 4.64. The van der Waals surface area contributed by atoms with Crippen molar-refractivity contribution in [2.45, 2.75) is 12.8 Å². The van der Waals surface area contributed by atoms with Gasteiger partial charge in [0.1, 0.15) is 0 Å². The van der Waals surface area contributed by atoms with Crippen LogP contribution < -0.4 is 10.6 Å². The van der Waals surface area contributed by atoms with Crippen molar-refractivity contribution in [3.8, 4) is 0 Å². The van der Waals surface area contributed by atoms with Gasteiger partial charge in [0.15, 0.2) is 0 Å². The predicted molar refractivity (Wildman–Crippen MR) is 70.6 cm³/mol. The maximum absolute atomic E-state index is 11.8. The van der Waals surface area contributed by atoms with Gasteiger partial charge >= 0.3 is 0 Å². The minimum Gasteiger partial charge on any atom is -0.385 e. The largest absolute Gasteiger partial charge is 0.385 e. The number of hydrogen-bond donors (Lipinski definition) is 2. The molecule has 0 aromatic heterocycles. The van der Waals surface area contributed by atoms with E-state index in [2.05, 4.69) is 17.2 Å². The molecule has 0 saturated carbocycles. The van der Waals surface area contributed by atoms with E-state index in [1.54, 1.807) is 0 Å². The van der Waals surface area contributed by atoms with E-state index in [0.29, 0.717) is 17.1 Å². The van der Waals surface area contributed by atoms with Gasteiger partial charge in [0, 0.05) is 22.8 Å². The molecule has 2 rings (SSSR count). The first kappa shape index (κ1) is 12.0. The fraction of sp³-hybridized carbons (Fsp3) is 0.308. The van der Waals surface area contributed by atoms with Crippen molar-refractivity contribution in [3.63, 3.8) is 0 Å². The Bertz CT molecular complexity index is 457. The summed E-state index contributed by atoms with van der Waals surface area (Å²) in [4.78, 5) is 11.8. The molecule has 0 radical (unpaired) electrons. The van der Waals surface area contributed by atoms with Crippen LogP contribution >= 0.6 is 11.6 Å². The zero-order valence-electron chi connectivity index (χ0n) is 9.55. The number of halogens is 1. The van der Waals surface area contributed by atoms with E-state index < -0.39 is 0 Å². The van der Waals surface area contributed by atoms with Gasteiger partial charge in [0.05, 0.1) is 6.54 Å². The minimum atomic E-state index is -0.111. The van der Waals surface area contributed by atoms with Crippen molar-refractivity contribution in [2.75, 3.05) is 18.4 Å². The third-order valence-corrected chi connectivity index (χ3v) is 2.88. The van der Waals surface area contributed by atoms with Gasteiger partial charge in [-0.3, -0.25) is 4.79 Å². The number of benzene rings is 1. The van der Waals surface area contributed by atoms with Crippen LogP contribution in [0.1, 0.15) is 22.3 Å². The lowest BCUT2D eigenvalue weighted by atomic mass is 10.0. The van der Waals surface area contributed by atoms with Crippen molar-refractivity contribution < 1.29 is 4.79 Å². The van der Waals surface area contributed by atoms with E-state index in [9.17, 15) is 4.79 Å². The van der Waals surface area contributed by atoms with E-state index >= 15 is 0 Å². The zero-order chi connectivity index (χ0) is 12.3. The van der Waals surface area contributed by atoms with E-state index in [-0.39, 0.29) is 5.91 Å². The molecule has 17 heavy (non-hydrogen) atoms. The van der Waals surface area contributed by atoms with Gasteiger partial charge in [0.2, 0.25) is 0 Å². The Hall–Kier alpha value is -1.48. The molecular weight excluding hydrogens is 236 g/mol. The van der Waals surface area contributed by atoms with Gasteiger partial charge in [-0.05, 0) is 36.6 Å². The quantitative estimate of drug-likeness (QED) is 0.866. The number of nitrogens with one attached hydrogen (secondary N) is 2. The average Bonchev–Trinajstić information content (AvgIpc) is 2.35. The van der Waals surface area contributed by atoms with Gasteiger partial charge in [-0.15, -0.1) is 0 Å². The standard InChI is InChI=1S/C13H15ClN2O/c1-9(14)8-16-13(17)11-4-5-12-10(7-11)3-2-6-15-12/h4-5,7,15H,1-3,6,8H2,(H,16,17). The van der Waals surface area contributed by atoms with E-state index in [1.165, 1.54) is 5.56 Å². The molecule has 0 unspecified atom stereocenters. The second kappa shape index (κ2) is 5.23. The monoisotopic (exact) mass is 250 g/mol. The summed E-state index contributed by atoms with van der Waals surface area (Å²) in [5, 5.41) is 6.46. The molecular formula is C13H15ClN2O. The molecule has 0 saturated heterocycles. The van der Waals surface area contributed by atoms with Gasteiger partial charge < -0.3 is 10.6 Å². The Morgan fingerprint density at radius 2 is 2.35 bits per heavy atom. The highest BCUT2D eigenvalue weighted by molar-refractivity contribution is 6.29. The van der Waals surface area contributed by atoms with Crippen molar-refractivity contribution >= 4 is 23.2 Å². The van der Waals surface area contributed by atoms with Crippen LogP contribution in [-0.2, 0) is 6.42 Å². The first-order chi connectivity index (χ1) is 8.16. The third-order valence-electron chi connectivity index (χ3n) is 2.75. The lowest BCUT2D eigenvalue weighted by Crippen LogP contribution is -2.25. The highest BCUT2D eigenvalue weighted by atomic mass is 35.5. The Labute approximate surface area is 106 Å². The maximum Gasteiger partial charge on any atom is 0.251 e. The molecule has 0 atom stereocenters. The summed E-state index contributed by atoms with van der Waals surface area (Å²) < 4.78 is 0. The molecule has 0 aliphatic carbocycles. The van der Waals surface area contributed by atoms with Gasteiger partial charge in [0.25, 0.3) is 5.91 Å². The topological polar surface area (TPSA) is 41.1 Å². The predicted octanol–water partition coefficient (Wildman–Crippen LogP) is 2.53. The molecule has 90 valence electrons. The van der Waals surface area contributed by atoms with Gasteiger partial charge in [-0.1, -0.05) is 18.2 Å². The first-order valence-electron chi connectivity index (χ1n) is 5.65. The SMILES string of the molecule is C=C(Cl)CNC(=O)c1ccc2c(c1)CCCN2. The fourth-order valence-electron chi connectivity index (χ4n) is 1.89. The van der Waals surface area contributed by atoms with Crippen molar-refractivity contribution in [1.82, 2.24) is 5.32 Å². The molecule has 1 aliphatic heterocycles. The van der Waals surface area contributed by atoms with Crippen LogP contribution in [0.4, 0.5) is 5.69 Å². The molecule has 0 bridgehead atoms. The molecule has 1 aromatic rings. The summed E-state index contributed by atoms with van der Waals surface area (Å²) in [6.45, 7) is 4.84. The van der Waals surface area contributed by atoms with Gasteiger partial charge in [-0.2, -0.15) is 0 Å². The highest BCUT2D eigenvalue weighted by Gasteiger charge is 2.12. The van der Waals surface area contributed by atoms with Gasteiger partial charge in [-0.25, -0.2) is 0 Å². The Balaban J connectivity index is 2.11. The second-order valence-electron chi connectivity index (χ2n) is 4.10. The van der Waals surface area contributed by atoms with E-state index in [4.69, 9.17) is 11.6 Å². The van der Waals surface area contributed by atoms with Crippen LogP contribution in [0.15, 0.2) is 29.8 Å². The van der Waals surface area contributed by atoms with E-state index in [1.807, 2.05) is 18.2 Å². The van der Waals surface area contributed by atoms with Crippen molar-refractivity contribution in [3.05, 3.63) is 40.9 Å².